The molecule has 0 radical (unpaired) electrons. The highest BCUT2D eigenvalue weighted by atomic mass is 16.5. The number of nitrogens with one attached hydrogen (secondary N) is 2. The van der Waals surface area contributed by atoms with Crippen LogP contribution < -0.4 is 10.6 Å². The second-order valence-electron chi connectivity index (χ2n) is 9.25. The zero-order chi connectivity index (χ0) is 25.6. The Morgan fingerprint density at radius 3 is 2.73 bits per heavy atom. The molecule has 0 aliphatic carbocycles. The molecular weight excluding hydrogens is 470 g/mol. The number of para-hydroxylation sites is 1. The fourth-order valence-corrected chi connectivity index (χ4v) is 4.44. The van der Waals surface area contributed by atoms with Gasteiger partial charge in [0.2, 0.25) is 17.6 Å². The Morgan fingerprint density at radius 2 is 1.92 bits per heavy atom. The molecule has 3 heterocycles. The molecule has 2 aromatic heterocycles. The average Bonchev–Trinajstić information content (AvgIpc) is 3.61. The van der Waals surface area contributed by atoms with Crippen LogP contribution in [0.3, 0.4) is 0 Å². The summed E-state index contributed by atoms with van der Waals surface area (Å²) in [6.45, 7) is 4.20. The van der Waals surface area contributed by atoms with Crippen molar-refractivity contribution < 1.29 is 18.5 Å². The van der Waals surface area contributed by atoms with Crippen LogP contribution in [0.5, 0.6) is 0 Å². The van der Waals surface area contributed by atoms with E-state index in [-0.39, 0.29) is 24.3 Å². The first-order valence-corrected chi connectivity index (χ1v) is 12.4. The van der Waals surface area contributed by atoms with Crippen molar-refractivity contribution in [3.05, 3.63) is 89.7 Å². The van der Waals surface area contributed by atoms with Crippen LogP contribution in [0.1, 0.15) is 40.4 Å². The molecule has 9 nitrogen and oxygen atoms in total. The van der Waals surface area contributed by atoms with Crippen LogP contribution in [-0.4, -0.2) is 39.9 Å². The molecule has 2 aromatic carbocycles. The van der Waals surface area contributed by atoms with Gasteiger partial charge in [-0.1, -0.05) is 47.1 Å². The van der Waals surface area contributed by atoms with Crippen LogP contribution in [0.15, 0.2) is 75.9 Å². The third-order valence-corrected chi connectivity index (χ3v) is 6.45. The van der Waals surface area contributed by atoms with Crippen LogP contribution in [-0.2, 0) is 17.9 Å². The van der Waals surface area contributed by atoms with Gasteiger partial charge in [-0.3, -0.25) is 14.5 Å². The van der Waals surface area contributed by atoms with Gasteiger partial charge in [0, 0.05) is 12.1 Å². The first-order valence-electron chi connectivity index (χ1n) is 12.4. The van der Waals surface area contributed by atoms with Crippen molar-refractivity contribution in [1.29, 1.82) is 0 Å². The van der Waals surface area contributed by atoms with Crippen molar-refractivity contribution in [2.75, 3.05) is 18.4 Å². The Labute approximate surface area is 214 Å². The lowest BCUT2D eigenvalue weighted by atomic mass is 9.96. The molecule has 2 N–H and O–H groups in total. The topological polar surface area (TPSA) is 114 Å². The van der Waals surface area contributed by atoms with Crippen molar-refractivity contribution >= 4 is 17.5 Å². The molecule has 0 saturated carbocycles. The number of carbonyl (C=O) groups is 2. The average molecular weight is 500 g/mol. The van der Waals surface area contributed by atoms with Gasteiger partial charge in [0.1, 0.15) is 5.76 Å². The molecule has 37 heavy (non-hydrogen) atoms. The summed E-state index contributed by atoms with van der Waals surface area (Å²) in [5.41, 5.74) is 2.97. The quantitative estimate of drug-likeness (QED) is 0.369. The Kier molecular flexibility index (Phi) is 7.41. The fourth-order valence-electron chi connectivity index (χ4n) is 4.44. The Bertz CT molecular complexity index is 1350. The Hall–Kier alpha value is -4.24. The fraction of sp³-hybridized carbons (Fsp3) is 0.286. The monoisotopic (exact) mass is 499 g/mol. The molecule has 1 unspecified atom stereocenters. The second kappa shape index (κ2) is 11.2. The van der Waals surface area contributed by atoms with Gasteiger partial charge in [0.25, 0.3) is 5.91 Å². The van der Waals surface area contributed by atoms with E-state index in [2.05, 4.69) is 25.7 Å². The highest BCUT2D eigenvalue weighted by Crippen LogP contribution is 2.23. The Balaban J connectivity index is 1.19. The molecule has 0 spiro atoms. The minimum absolute atomic E-state index is 0.109. The summed E-state index contributed by atoms with van der Waals surface area (Å²) in [6, 6.07) is 18.5. The van der Waals surface area contributed by atoms with Gasteiger partial charge >= 0.3 is 0 Å². The molecule has 1 saturated heterocycles. The number of aromatic nitrogens is 2. The number of nitrogens with zero attached hydrogens (tertiary/aromatic N) is 3. The number of carbonyl (C=O) groups excluding carboxylic acids is 2. The van der Waals surface area contributed by atoms with Crippen molar-refractivity contribution in [2.24, 2.45) is 5.92 Å². The van der Waals surface area contributed by atoms with Gasteiger partial charge in [-0.15, -0.1) is 0 Å². The van der Waals surface area contributed by atoms with E-state index < -0.39 is 0 Å². The van der Waals surface area contributed by atoms with Gasteiger partial charge < -0.3 is 19.6 Å². The molecular formula is C28H29N5O4. The van der Waals surface area contributed by atoms with Gasteiger partial charge in [-0.05, 0) is 50.6 Å². The zero-order valence-electron chi connectivity index (χ0n) is 20.6. The first kappa shape index (κ1) is 24.5. The number of piperidine rings is 1. The minimum atomic E-state index is -0.279. The van der Waals surface area contributed by atoms with E-state index in [9.17, 15) is 9.59 Å². The third kappa shape index (κ3) is 6.13. The van der Waals surface area contributed by atoms with E-state index in [0.29, 0.717) is 41.8 Å². The second-order valence-corrected chi connectivity index (χ2v) is 9.25. The normalized spacial score (nSPS) is 15.9. The highest BCUT2D eigenvalue weighted by Gasteiger charge is 2.28. The number of benzene rings is 2. The summed E-state index contributed by atoms with van der Waals surface area (Å²) in [5.74, 6) is 1.13. The van der Waals surface area contributed by atoms with Crippen molar-refractivity contribution in [1.82, 2.24) is 20.4 Å². The summed E-state index contributed by atoms with van der Waals surface area (Å²) in [6.07, 6.45) is 3.21. The van der Waals surface area contributed by atoms with Crippen molar-refractivity contribution in [3.63, 3.8) is 0 Å². The molecule has 1 atom stereocenters. The number of furan rings is 1. The van der Waals surface area contributed by atoms with E-state index in [4.69, 9.17) is 8.94 Å². The van der Waals surface area contributed by atoms with Crippen LogP contribution >= 0.6 is 0 Å². The lowest BCUT2D eigenvalue weighted by molar-refractivity contribution is -0.121. The molecule has 0 bridgehead atoms. The number of likely N-dealkylation sites (tertiary alicyclic amines) is 1. The van der Waals surface area contributed by atoms with Crippen LogP contribution in [0.4, 0.5) is 5.69 Å². The number of aryl methyl sites for hydroxylation is 1. The molecule has 5 rings (SSSR count). The van der Waals surface area contributed by atoms with E-state index in [1.165, 1.54) is 5.56 Å². The molecule has 2 amide bonds. The van der Waals surface area contributed by atoms with E-state index >= 15 is 0 Å². The lowest BCUT2D eigenvalue weighted by Gasteiger charge is -2.31. The first-order chi connectivity index (χ1) is 18.0. The van der Waals surface area contributed by atoms with E-state index in [1.54, 1.807) is 42.7 Å². The number of rotatable bonds is 8. The molecule has 190 valence electrons. The van der Waals surface area contributed by atoms with Gasteiger partial charge in [-0.25, -0.2) is 0 Å². The van der Waals surface area contributed by atoms with E-state index in [0.717, 1.165) is 24.9 Å². The maximum Gasteiger partial charge on any atom is 0.253 e. The van der Waals surface area contributed by atoms with Gasteiger partial charge in [-0.2, -0.15) is 4.98 Å². The third-order valence-electron chi connectivity index (χ3n) is 6.45. The predicted molar refractivity (Wildman–Crippen MR) is 137 cm³/mol. The standard InChI is InChI=1S/C28H29N5O4/c1-19-10-12-20(13-11-19)26-31-25(37-32-26)18-33-14-4-6-21(17-33)27(34)30-24-9-3-2-8-23(24)28(35)29-16-22-7-5-15-36-22/h2-3,5,7-13,15,21H,4,6,14,16-18H2,1H3,(H,29,35)(H,30,34). The largest absolute Gasteiger partial charge is 0.467 e. The van der Waals surface area contributed by atoms with Crippen molar-refractivity contribution in [2.45, 2.75) is 32.9 Å². The summed E-state index contributed by atoms with van der Waals surface area (Å²) in [5, 5.41) is 9.91. The maximum atomic E-state index is 13.2. The van der Waals surface area contributed by atoms with Gasteiger partial charge in [0.05, 0.1) is 36.5 Å². The predicted octanol–water partition coefficient (Wildman–Crippen LogP) is 4.42. The smallest absolute Gasteiger partial charge is 0.253 e. The number of hydrogen-bond acceptors (Lipinski definition) is 7. The zero-order valence-corrected chi connectivity index (χ0v) is 20.6. The molecule has 4 aromatic rings. The summed E-state index contributed by atoms with van der Waals surface area (Å²) >= 11 is 0. The van der Waals surface area contributed by atoms with Crippen LogP contribution in [0.2, 0.25) is 0 Å². The lowest BCUT2D eigenvalue weighted by Crippen LogP contribution is -2.40. The Morgan fingerprint density at radius 1 is 1.08 bits per heavy atom. The molecule has 1 aliphatic rings. The van der Waals surface area contributed by atoms with Crippen LogP contribution in [0, 0.1) is 12.8 Å². The maximum absolute atomic E-state index is 13.2. The number of hydrogen-bond donors (Lipinski definition) is 2. The SMILES string of the molecule is Cc1ccc(-c2noc(CN3CCCC(C(=O)Nc4ccccc4C(=O)NCc4ccco4)C3)n2)cc1. The molecule has 1 aliphatic heterocycles. The van der Waals surface area contributed by atoms with Crippen LogP contribution in [0.25, 0.3) is 11.4 Å². The van der Waals surface area contributed by atoms with Gasteiger partial charge in [0.15, 0.2) is 0 Å². The molecule has 9 heteroatoms. The molecule has 1 fully saturated rings. The highest BCUT2D eigenvalue weighted by molar-refractivity contribution is 6.04. The summed E-state index contributed by atoms with van der Waals surface area (Å²) in [7, 11) is 0. The summed E-state index contributed by atoms with van der Waals surface area (Å²) < 4.78 is 10.8. The van der Waals surface area contributed by atoms with Crippen molar-refractivity contribution in [3.8, 4) is 11.4 Å². The minimum Gasteiger partial charge on any atom is -0.467 e. The number of amides is 2. The number of anilines is 1. The van der Waals surface area contributed by atoms with E-state index in [1.807, 2.05) is 31.2 Å². The summed E-state index contributed by atoms with van der Waals surface area (Å²) in [4.78, 5) is 32.6.